The van der Waals surface area contributed by atoms with Gasteiger partial charge in [-0.2, -0.15) is 0 Å². The molecule has 0 fully saturated rings. The van der Waals surface area contributed by atoms with Crippen molar-refractivity contribution < 1.29 is 9.53 Å². The third kappa shape index (κ3) is 5.37. The summed E-state index contributed by atoms with van der Waals surface area (Å²) in [4.78, 5) is 15.0. The largest absolute Gasteiger partial charge is 0.481 e. The van der Waals surface area contributed by atoms with Crippen molar-refractivity contribution >= 4 is 17.5 Å². The monoisotopic (exact) mass is 393 g/mol. The highest BCUT2D eigenvalue weighted by molar-refractivity contribution is 6.31. The maximum atomic E-state index is 13.2. The average molecular weight is 394 g/mol. The van der Waals surface area contributed by atoms with Crippen LogP contribution in [0, 0.1) is 6.92 Å². The van der Waals surface area contributed by atoms with Crippen LogP contribution in [0.25, 0.3) is 0 Å². The highest BCUT2D eigenvalue weighted by atomic mass is 35.5. The van der Waals surface area contributed by atoms with Gasteiger partial charge in [0.05, 0.1) is 0 Å². The van der Waals surface area contributed by atoms with Crippen LogP contribution < -0.4 is 4.74 Å². The molecule has 0 saturated carbocycles. The summed E-state index contributed by atoms with van der Waals surface area (Å²) in [6.07, 6.45) is -0.604. The molecule has 144 valence electrons. The summed E-state index contributed by atoms with van der Waals surface area (Å²) in [5.74, 6) is 0.586. The lowest BCUT2D eigenvalue weighted by Crippen LogP contribution is -2.39. The molecule has 0 aliphatic heterocycles. The molecule has 3 aromatic rings. The first-order valence-electron chi connectivity index (χ1n) is 9.32. The molecule has 0 aliphatic rings. The van der Waals surface area contributed by atoms with E-state index in [1.54, 1.807) is 19.1 Å². The summed E-state index contributed by atoms with van der Waals surface area (Å²) in [6, 6.07) is 25.4. The van der Waals surface area contributed by atoms with Crippen LogP contribution in [0.4, 0.5) is 0 Å². The minimum absolute atomic E-state index is 0.0553. The number of hydrogen-bond donors (Lipinski definition) is 0. The molecule has 0 N–H and O–H groups in total. The van der Waals surface area contributed by atoms with Crippen LogP contribution in [0.5, 0.6) is 5.75 Å². The van der Waals surface area contributed by atoms with Gasteiger partial charge in [0, 0.05) is 18.1 Å². The fourth-order valence-corrected chi connectivity index (χ4v) is 3.14. The number of carbonyl (C=O) groups excluding carboxylic acids is 1. The highest BCUT2D eigenvalue weighted by Gasteiger charge is 2.23. The fourth-order valence-electron chi connectivity index (χ4n) is 3.02. The van der Waals surface area contributed by atoms with Gasteiger partial charge >= 0.3 is 0 Å². The lowest BCUT2D eigenvalue weighted by molar-refractivity contribution is -0.139. The van der Waals surface area contributed by atoms with Crippen LogP contribution >= 0.6 is 11.6 Å². The van der Waals surface area contributed by atoms with Gasteiger partial charge < -0.3 is 9.64 Å². The van der Waals surface area contributed by atoms with E-state index >= 15 is 0 Å². The summed E-state index contributed by atoms with van der Waals surface area (Å²) in [5.41, 5.74) is 3.09. The zero-order chi connectivity index (χ0) is 19.9. The molecule has 28 heavy (non-hydrogen) atoms. The van der Waals surface area contributed by atoms with Crippen molar-refractivity contribution in [2.45, 2.75) is 33.0 Å². The maximum absolute atomic E-state index is 13.2. The zero-order valence-electron chi connectivity index (χ0n) is 16.1. The van der Waals surface area contributed by atoms with Crippen LogP contribution in [0.2, 0.25) is 5.02 Å². The lowest BCUT2D eigenvalue weighted by atomic mass is 10.1. The summed E-state index contributed by atoms with van der Waals surface area (Å²) in [6.45, 7) is 4.76. The van der Waals surface area contributed by atoms with Gasteiger partial charge in [-0.15, -0.1) is 0 Å². The van der Waals surface area contributed by atoms with Crippen molar-refractivity contribution in [2.75, 3.05) is 0 Å². The molecule has 1 atom stereocenters. The molecule has 0 spiro atoms. The van der Waals surface area contributed by atoms with Crippen LogP contribution in [-0.2, 0) is 17.9 Å². The quantitative estimate of drug-likeness (QED) is 0.519. The van der Waals surface area contributed by atoms with Gasteiger partial charge in [-0.1, -0.05) is 72.3 Å². The molecule has 0 radical (unpaired) electrons. The maximum Gasteiger partial charge on any atom is 0.263 e. The number of nitrogens with zero attached hydrogens (tertiary/aromatic N) is 1. The lowest BCUT2D eigenvalue weighted by Gasteiger charge is -2.26. The van der Waals surface area contributed by atoms with Gasteiger partial charge in [-0.3, -0.25) is 4.79 Å². The van der Waals surface area contributed by atoms with Crippen LogP contribution in [0.1, 0.15) is 23.6 Å². The van der Waals surface area contributed by atoms with Gasteiger partial charge in [0.15, 0.2) is 6.10 Å². The van der Waals surface area contributed by atoms with Crippen molar-refractivity contribution in [3.8, 4) is 5.75 Å². The number of halogens is 1. The van der Waals surface area contributed by atoms with E-state index in [1.165, 1.54) is 0 Å². The Bertz CT molecular complexity index is 871. The second-order valence-electron chi connectivity index (χ2n) is 6.84. The van der Waals surface area contributed by atoms with E-state index < -0.39 is 6.10 Å². The topological polar surface area (TPSA) is 29.5 Å². The first-order valence-corrected chi connectivity index (χ1v) is 9.70. The van der Waals surface area contributed by atoms with E-state index in [0.29, 0.717) is 23.9 Å². The molecule has 0 unspecified atom stereocenters. The number of aryl methyl sites for hydroxylation is 1. The van der Waals surface area contributed by atoms with E-state index in [9.17, 15) is 4.79 Å². The number of amides is 1. The molecular weight excluding hydrogens is 370 g/mol. The number of ether oxygens (including phenoxy) is 1. The number of carbonyl (C=O) groups is 1. The van der Waals surface area contributed by atoms with Crippen molar-refractivity contribution in [3.63, 3.8) is 0 Å². The summed E-state index contributed by atoms with van der Waals surface area (Å²) in [5, 5.41) is 0.682. The van der Waals surface area contributed by atoms with E-state index in [-0.39, 0.29) is 5.91 Å². The second-order valence-corrected chi connectivity index (χ2v) is 7.24. The Morgan fingerprint density at radius 1 is 0.929 bits per heavy atom. The van der Waals surface area contributed by atoms with Gasteiger partial charge in [-0.25, -0.2) is 0 Å². The van der Waals surface area contributed by atoms with Gasteiger partial charge in [-0.05, 0) is 48.7 Å². The Labute approximate surface area is 171 Å². The Kier molecular flexibility index (Phi) is 6.72. The minimum Gasteiger partial charge on any atom is -0.481 e. The number of rotatable bonds is 7. The molecule has 0 saturated heterocycles. The van der Waals surface area contributed by atoms with Gasteiger partial charge in [0.25, 0.3) is 5.91 Å². The standard InChI is InChI=1S/C24H24ClNO2/c1-18-15-22(13-14-23(18)25)28-19(2)24(27)26(16-20-9-5-3-6-10-20)17-21-11-7-4-8-12-21/h3-15,19H,16-17H2,1-2H3/t19-/m0/s1. The van der Waals surface area contributed by atoms with Crippen molar-refractivity contribution in [3.05, 3.63) is 101 Å². The first-order chi connectivity index (χ1) is 13.5. The molecule has 0 aromatic heterocycles. The molecule has 1 amide bonds. The summed E-state index contributed by atoms with van der Waals surface area (Å²) < 4.78 is 5.92. The first kappa shape index (κ1) is 20.0. The van der Waals surface area contributed by atoms with Crippen LogP contribution in [0.3, 0.4) is 0 Å². The van der Waals surface area contributed by atoms with Crippen LogP contribution in [0.15, 0.2) is 78.9 Å². The molecular formula is C24H24ClNO2. The Morgan fingerprint density at radius 3 is 1.96 bits per heavy atom. The zero-order valence-corrected chi connectivity index (χ0v) is 16.9. The van der Waals surface area contributed by atoms with E-state index in [2.05, 4.69) is 0 Å². The predicted molar refractivity (Wildman–Crippen MR) is 113 cm³/mol. The van der Waals surface area contributed by atoms with Crippen molar-refractivity contribution in [1.29, 1.82) is 0 Å². The van der Waals surface area contributed by atoms with E-state index in [0.717, 1.165) is 16.7 Å². The molecule has 4 heteroatoms. The molecule has 0 aliphatic carbocycles. The SMILES string of the molecule is Cc1cc(O[C@@H](C)C(=O)N(Cc2ccccc2)Cc2ccccc2)ccc1Cl. The average Bonchev–Trinajstić information content (AvgIpc) is 2.71. The number of hydrogen-bond acceptors (Lipinski definition) is 2. The third-order valence-electron chi connectivity index (χ3n) is 4.53. The molecule has 0 bridgehead atoms. The normalized spacial score (nSPS) is 11.7. The Hall–Kier alpha value is -2.78. The van der Waals surface area contributed by atoms with Crippen LogP contribution in [-0.4, -0.2) is 16.9 Å². The van der Waals surface area contributed by atoms with E-state index in [4.69, 9.17) is 16.3 Å². The number of benzene rings is 3. The highest BCUT2D eigenvalue weighted by Crippen LogP contribution is 2.22. The second kappa shape index (κ2) is 9.43. The summed E-state index contributed by atoms with van der Waals surface area (Å²) in [7, 11) is 0. The minimum atomic E-state index is -0.604. The predicted octanol–water partition coefficient (Wildman–Crippen LogP) is 5.64. The fraction of sp³-hybridized carbons (Fsp3) is 0.208. The van der Waals surface area contributed by atoms with Crippen molar-refractivity contribution in [2.24, 2.45) is 0 Å². The summed E-state index contributed by atoms with van der Waals surface area (Å²) >= 11 is 6.08. The molecule has 0 heterocycles. The Morgan fingerprint density at radius 2 is 1.46 bits per heavy atom. The third-order valence-corrected chi connectivity index (χ3v) is 4.96. The molecule has 3 aromatic carbocycles. The Balaban J connectivity index is 1.77. The van der Waals surface area contributed by atoms with Crippen molar-refractivity contribution in [1.82, 2.24) is 4.90 Å². The van der Waals surface area contributed by atoms with Gasteiger partial charge in [0.1, 0.15) is 5.75 Å². The van der Waals surface area contributed by atoms with E-state index in [1.807, 2.05) is 78.6 Å². The molecule has 3 rings (SSSR count). The smallest absolute Gasteiger partial charge is 0.263 e. The molecule has 3 nitrogen and oxygen atoms in total. The van der Waals surface area contributed by atoms with Gasteiger partial charge in [0.2, 0.25) is 0 Å².